The first-order valence-corrected chi connectivity index (χ1v) is 12.2. The summed E-state index contributed by atoms with van der Waals surface area (Å²) in [6, 6.07) is 15.6. The van der Waals surface area contributed by atoms with Gasteiger partial charge in [-0.05, 0) is 41.5 Å². The van der Waals surface area contributed by atoms with Gasteiger partial charge in [-0.3, -0.25) is 9.36 Å². The predicted octanol–water partition coefficient (Wildman–Crippen LogP) is 5.28. The number of anilines is 1. The zero-order valence-corrected chi connectivity index (χ0v) is 21.3. The number of nitrogens with zero attached hydrogens (tertiary/aromatic N) is 2. The van der Waals surface area contributed by atoms with Crippen LogP contribution in [0.15, 0.2) is 60.3 Å². The summed E-state index contributed by atoms with van der Waals surface area (Å²) >= 11 is 6.49. The number of hydrogen-bond acceptors (Lipinski definition) is 7. The van der Waals surface area contributed by atoms with Crippen LogP contribution in [0, 0.1) is 3.95 Å². The van der Waals surface area contributed by atoms with Crippen LogP contribution in [-0.2, 0) is 34.5 Å². The van der Waals surface area contributed by atoms with Crippen molar-refractivity contribution >= 4 is 41.2 Å². The average molecular weight is 511 g/mol. The fraction of sp³-hybridized carbons (Fsp3) is 0.269. The third-order valence-corrected chi connectivity index (χ3v) is 7.69. The van der Waals surface area contributed by atoms with Crippen molar-refractivity contribution in [3.05, 3.63) is 85.8 Å². The summed E-state index contributed by atoms with van der Waals surface area (Å²) in [5.41, 5.74) is 4.60. The third kappa shape index (κ3) is 4.74. The lowest BCUT2D eigenvalue weighted by atomic mass is 9.83. The Morgan fingerprint density at radius 1 is 1.14 bits per heavy atom. The number of aromatic hydroxyl groups is 1. The number of allylic oxidation sites excluding steroid dienone is 2. The molecule has 2 aromatic carbocycles. The molecule has 0 saturated carbocycles. The Labute approximate surface area is 212 Å². The molecule has 1 aromatic heterocycles. The maximum absolute atomic E-state index is 11.8. The highest BCUT2D eigenvalue weighted by atomic mass is 32.1. The van der Waals surface area contributed by atoms with Crippen molar-refractivity contribution in [3.8, 4) is 5.88 Å². The van der Waals surface area contributed by atoms with E-state index in [4.69, 9.17) is 22.1 Å². The van der Waals surface area contributed by atoms with Crippen LogP contribution < -0.4 is 4.90 Å². The summed E-state index contributed by atoms with van der Waals surface area (Å²) in [4.78, 5) is 25.8. The van der Waals surface area contributed by atoms with E-state index in [0.29, 0.717) is 27.4 Å². The Kier molecular flexibility index (Phi) is 6.82. The van der Waals surface area contributed by atoms with Crippen LogP contribution in [-0.4, -0.2) is 33.8 Å². The topological polar surface area (TPSA) is 92.0 Å². The molecule has 0 bridgehead atoms. The Morgan fingerprint density at radius 2 is 1.83 bits per heavy atom. The highest BCUT2D eigenvalue weighted by Crippen LogP contribution is 2.48. The molecule has 4 rings (SSSR count). The van der Waals surface area contributed by atoms with E-state index in [9.17, 15) is 14.7 Å². The fourth-order valence-corrected chi connectivity index (χ4v) is 5.76. The lowest BCUT2D eigenvalue weighted by Crippen LogP contribution is -2.26. The van der Waals surface area contributed by atoms with Crippen LogP contribution >= 0.6 is 23.6 Å². The van der Waals surface area contributed by atoms with Crippen molar-refractivity contribution < 1.29 is 24.5 Å². The minimum absolute atomic E-state index is 0.0995. The molecule has 0 saturated heterocycles. The largest absolute Gasteiger partial charge is 0.494 e. The van der Waals surface area contributed by atoms with Crippen molar-refractivity contribution in [1.82, 2.24) is 4.57 Å². The van der Waals surface area contributed by atoms with E-state index >= 15 is 0 Å². The van der Waals surface area contributed by atoms with Crippen molar-refractivity contribution in [2.24, 2.45) is 0 Å². The minimum atomic E-state index is -1.06. The van der Waals surface area contributed by atoms with Crippen molar-refractivity contribution in [2.75, 3.05) is 12.0 Å². The molecule has 0 fully saturated rings. The van der Waals surface area contributed by atoms with Crippen LogP contribution in [0.1, 0.15) is 40.2 Å². The maximum atomic E-state index is 11.8. The van der Waals surface area contributed by atoms with Gasteiger partial charge in [-0.25, -0.2) is 4.79 Å². The number of thiazole rings is 1. The van der Waals surface area contributed by atoms with Gasteiger partial charge in [0, 0.05) is 29.8 Å². The summed E-state index contributed by atoms with van der Waals surface area (Å²) in [6.07, 6.45) is 2.49. The molecule has 1 aliphatic rings. The Balaban J connectivity index is 1.69. The summed E-state index contributed by atoms with van der Waals surface area (Å²) in [7, 11) is 1.36. The number of esters is 1. The van der Waals surface area contributed by atoms with Gasteiger partial charge in [-0.15, -0.1) is 11.3 Å². The number of para-hydroxylation sites is 1. The molecule has 35 heavy (non-hydrogen) atoms. The minimum Gasteiger partial charge on any atom is -0.494 e. The molecule has 2 N–H and O–H groups in total. The summed E-state index contributed by atoms with van der Waals surface area (Å²) in [5.74, 6) is -1.53. The number of carboxylic acid groups (broad SMARTS) is 1. The number of carbonyl (C=O) groups is 2. The number of ether oxygens (including phenoxy) is 1. The average Bonchev–Trinajstić information content (AvgIpc) is 3.21. The molecule has 0 amide bonds. The number of methoxy groups -OCH3 is 1. The molecule has 9 heteroatoms. The molecular weight excluding hydrogens is 484 g/mol. The van der Waals surface area contributed by atoms with E-state index in [2.05, 4.69) is 37.0 Å². The number of carboxylic acids is 1. The molecular formula is C26H26N2O5S2. The van der Waals surface area contributed by atoms with E-state index in [1.807, 2.05) is 24.3 Å². The van der Waals surface area contributed by atoms with Crippen molar-refractivity contribution in [1.29, 1.82) is 0 Å². The standard InChI is InChI=1S/C26H26N2O5S2/c1-26(2)18-6-4-5-7-19(18)27(14-16-8-10-17(11-9-16)24(32)33-3)21(26)13-12-20-23(31)28(15-22(29)30)25(34)35-20/h4-11,13,31H,12,14-15H2,1-3H3,(H,29,30). The second-order valence-electron chi connectivity index (χ2n) is 8.80. The van der Waals surface area contributed by atoms with Gasteiger partial charge in [-0.1, -0.05) is 50.3 Å². The molecule has 3 aromatic rings. The Hall–Kier alpha value is -3.43. The smallest absolute Gasteiger partial charge is 0.337 e. The van der Waals surface area contributed by atoms with Crippen molar-refractivity contribution in [3.63, 3.8) is 0 Å². The second kappa shape index (κ2) is 9.67. The van der Waals surface area contributed by atoms with E-state index in [1.54, 1.807) is 12.1 Å². The molecule has 2 heterocycles. The molecule has 182 valence electrons. The molecule has 0 aliphatic carbocycles. The van der Waals surface area contributed by atoms with E-state index in [1.165, 1.54) is 28.6 Å². The summed E-state index contributed by atoms with van der Waals surface area (Å²) in [6.45, 7) is 4.54. The Bertz CT molecular complexity index is 1370. The molecule has 0 unspecified atom stereocenters. The second-order valence-corrected chi connectivity index (χ2v) is 10.5. The van der Waals surface area contributed by atoms with Gasteiger partial charge in [0.05, 0.1) is 17.6 Å². The number of hydrogen-bond donors (Lipinski definition) is 2. The molecule has 7 nitrogen and oxygen atoms in total. The lowest BCUT2D eigenvalue weighted by Gasteiger charge is -2.27. The lowest BCUT2D eigenvalue weighted by molar-refractivity contribution is -0.137. The number of aliphatic carboxylic acids is 1. The van der Waals surface area contributed by atoms with Gasteiger partial charge in [0.1, 0.15) is 6.54 Å². The zero-order chi connectivity index (χ0) is 25.3. The molecule has 0 atom stereocenters. The van der Waals surface area contributed by atoms with E-state index in [-0.39, 0.29) is 23.8 Å². The summed E-state index contributed by atoms with van der Waals surface area (Å²) in [5, 5.41) is 19.7. The van der Waals surface area contributed by atoms with Gasteiger partial charge in [0.25, 0.3) is 0 Å². The fourth-order valence-electron chi connectivity index (χ4n) is 4.47. The van der Waals surface area contributed by atoms with Crippen LogP contribution in [0.2, 0.25) is 0 Å². The number of rotatable bonds is 7. The predicted molar refractivity (Wildman–Crippen MR) is 138 cm³/mol. The molecule has 0 spiro atoms. The highest BCUT2D eigenvalue weighted by molar-refractivity contribution is 7.73. The number of aromatic nitrogens is 1. The number of carbonyl (C=O) groups excluding carboxylic acids is 1. The molecule has 0 radical (unpaired) electrons. The first kappa shape index (κ1) is 24.7. The maximum Gasteiger partial charge on any atom is 0.337 e. The normalized spacial score (nSPS) is 15.3. The van der Waals surface area contributed by atoms with Gasteiger partial charge >= 0.3 is 11.9 Å². The van der Waals surface area contributed by atoms with Gasteiger partial charge in [0.15, 0.2) is 3.95 Å². The van der Waals surface area contributed by atoms with Crippen LogP contribution in [0.4, 0.5) is 5.69 Å². The van der Waals surface area contributed by atoms with E-state index < -0.39 is 5.97 Å². The number of benzene rings is 2. The van der Waals surface area contributed by atoms with Crippen LogP contribution in [0.5, 0.6) is 5.88 Å². The number of fused-ring (bicyclic) bond motifs is 1. The van der Waals surface area contributed by atoms with Crippen LogP contribution in [0.3, 0.4) is 0 Å². The first-order chi connectivity index (χ1) is 16.6. The van der Waals surface area contributed by atoms with Gasteiger partial charge in [0.2, 0.25) is 5.88 Å². The molecule has 1 aliphatic heterocycles. The third-order valence-electron chi connectivity index (χ3n) is 6.23. The van der Waals surface area contributed by atoms with Gasteiger partial charge in [-0.2, -0.15) is 0 Å². The zero-order valence-electron chi connectivity index (χ0n) is 19.6. The van der Waals surface area contributed by atoms with E-state index in [0.717, 1.165) is 16.9 Å². The van der Waals surface area contributed by atoms with Crippen LogP contribution in [0.25, 0.3) is 0 Å². The van der Waals surface area contributed by atoms with Crippen molar-refractivity contribution in [2.45, 2.75) is 38.8 Å². The summed E-state index contributed by atoms with van der Waals surface area (Å²) < 4.78 is 6.37. The highest BCUT2D eigenvalue weighted by Gasteiger charge is 2.39. The Morgan fingerprint density at radius 3 is 2.49 bits per heavy atom. The SMILES string of the molecule is COC(=O)c1ccc(CN2C(=CCc3sc(=S)n(CC(=O)O)c3O)C(C)(C)c3ccccc32)cc1. The van der Waals surface area contributed by atoms with Gasteiger partial charge < -0.3 is 19.8 Å². The quantitative estimate of drug-likeness (QED) is 0.330. The first-order valence-electron chi connectivity index (χ1n) is 11.0. The monoisotopic (exact) mass is 510 g/mol.